The molecule has 0 aromatic heterocycles. The highest BCUT2D eigenvalue weighted by atomic mass is 16.6. The normalized spacial score (nSPS) is 19.4. The van der Waals surface area contributed by atoms with Crippen molar-refractivity contribution in [3.05, 3.63) is 60.2 Å². The van der Waals surface area contributed by atoms with Crippen molar-refractivity contribution in [1.29, 1.82) is 0 Å². The summed E-state index contributed by atoms with van der Waals surface area (Å²) in [4.78, 5) is 28.3. The second kappa shape index (κ2) is 6.47. The van der Waals surface area contributed by atoms with Gasteiger partial charge >= 0.3 is 12.1 Å². The van der Waals surface area contributed by atoms with Crippen LogP contribution in [0.15, 0.2) is 54.6 Å². The molecular formula is C19H19N3O3. The van der Waals surface area contributed by atoms with Crippen molar-refractivity contribution in [1.82, 2.24) is 4.90 Å². The first-order valence-electron chi connectivity index (χ1n) is 8.37. The van der Waals surface area contributed by atoms with Gasteiger partial charge in [0, 0.05) is 18.8 Å². The standard InChI is InChI=1S/C19H19N3O3/c23-18(20-15-7-2-1-3-8-15)21-11-10-16-13-25-19(24)22(16)17-9-5-4-6-14(17)12-21/h1-9,16H,10-13H2,(H,20,23). The van der Waals surface area contributed by atoms with Crippen LogP contribution in [0.4, 0.5) is 21.0 Å². The summed E-state index contributed by atoms with van der Waals surface area (Å²) in [6.45, 7) is 1.37. The lowest BCUT2D eigenvalue weighted by molar-refractivity contribution is 0.177. The number of cyclic esters (lactones) is 1. The average molecular weight is 337 g/mol. The first-order valence-corrected chi connectivity index (χ1v) is 8.37. The van der Waals surface area contributed by atoms with Gasteiger partial charge in [-0.25, -0.2) is 9.59 Å². The minimum Gasteiger partial charge on any atom is -0.447 e. The molecule has 1 unspecified atom stereocenters. The van der Waals surface area contributed by atoms with Crippen LogP contribution in [0.3, 0.4) is 0 Å². The summed E-state index contributed by atoms with van der Waals surface area (Å²) in [6.07, 6.45) is 0.377. The van der Waals surface area contributed by atoms with E-state index in [9.17, 15) is 9.59 Å². The van der Waals surface area contributed by atoms with Crippen LogP contribution in [0, 0.1) is 0 Å². The molecule has 0 saturated carbocycles. The van der Waals surface area contributed by atoms with E-state index >= 15 is 0 Å². The molecule has 2 aliphatic rings. The Balaban J connectivity index is 1.60. The Morgan fingerprint density at radius 2 is 1.84 bits per heavy atom. The highest BCUT2D eigenvalue weighted by Crippen LogP contribution is 2.31. The number of rotatable bonds is 1. The largest absolute Gasteiger partial charge is 0.447 e. The molecule has 1 fully saturated rings. The number of nitrogens with zero attached hydrogens (tertiary/aromatic N) is 2. The molecule has 2 heterocycles. The van der Waals surface area contributed by atoms with Gasteiger partial charge in [0.25, 0.3) is 0 Å². The zero-order valence-corrected chi connectivity index (χ0v) is 13.7. The van der Waals surface area contributed by atoms with Crippen molar-refractivity contribution < 1.29 is 14.3 Å². The zero-order chi connectivity index (χ0) is 17.2. The van der Waals surface area contributed by atoms with E-state index in [0.29, 0.717) is 26.1 Å². The van der Waals surface area contributed by atoms with E-state index in [0.717, 1.165) is 16.9 Å². The number of hydrogen-bond acceptors (Lipinski definition) is 3. The lowest BCUT2D eigenvalue weighted by Crippen LogP contribution is -2.43. The third kappa shape index (κ3) is 3.03. The fourth-order valence-corrected chi connectivity index (χ4v) is 3.33. The van der Waals surface area contributed by atoms with Gasteiger partial charge in [0.05, 0.1) is 11.7 Å². The molecule has 2 aromatic rings. The third-order valence-corrected chi connectivity index (χ3v) is 4.62. The predicted molar refractivity (Wildman–Crippen MR) is 94.5 cm³/mol. The SMILES string of the molecule is O=C(Nc1ccccc1)N1CCC2COC(=O)N2c2ccccc2C1. The van der Waals surface area contributed by atoms with E-state index in [1.54, 1.807) is 9.80 Å². The van der Waals surface area contributed by atoms with Gasteiger partial charge in [-0.3, -0.25) is 4.90 Å². The third-order valence-electron chi connectivity index (χ3n) is 4.62. The number of benzene rings is 2. The Bertz CT molecular complexity index is 794. The van der Waals surface area contributed by atoms with E-state index in [2.05, 4.69) is 5.32 Å². The molecule has 0 aliphatic carbocycles. The molecule has 2 aliphatic heterocycles. The Hall–Kier alpha value is -3.02. The fourth-order valence-electron chi connectivity index (χ4n) is 3.33. The number of hydrogen-bond donors (Lipinski definition) is 1. The quantitative estimate of drug-likeness (QED) is 0.867. The number of para-hydroxylation sites is 2. The highest BCUT2D eigenvalue weighted by molar-refractivity contribution is 5.92. The Labute approximate surface area is 146 Å². The number of carbonyl (C=O) groups excluding carboxylic acids is 2. The number of urea groups is 1. The minimum atomic E-state index is -0.306. The van der Waals surface area contributed by atoms with Crippen molar-refractivity contribution >= 4 is 23.5 Å². The number of anilines is 2. The maximum Gasteiger partial charge on any atom is 0.414 e. The van der Waals surface area contributed by atoms with Crippen LogP contribution < -0.4 is 10.2 Å². The molecule has 2 aromatic carbocycles. The molecule has 0 bridgehead atoms. The number of nitrogens with one attached hydrogen (secondary N) is 1. The molecule has 1 atom stereocenters. The Morgan fingerprint density at radius 3 is 2.68 bits per heavy atom. The molecule has 0 radical (unpaired) electrons. The second-order valence-electron chi connectivity index (χ2n) is 6.24. The molecule has 25 heavy (non-hydrogen) atoms. The summed E-state index contributed by atoms with van der Waals surface area (Å²) in [5.41, 5.74) is 2.53. The van der Waals surface area contributed by atoms with Gasteiger partial charge in [-0.15, -0.1) is 0 Å². The zero-order valence-electron chi connectivity index (χ0n) is 13.7. The highest BCUT2D eigenvalue weighted by Gasteiger charge is 2.37. The Morgan fingerprint density at radius 1 is 1.08 bits per heavy atom. The topological polar surface area (TPSA) is 61.9 Å². The molecule has 4 rings (SSSR count). The molecule has 1 saturated heterocycles. The molecular weight excluding hydrogens is 318 g/mol. The van der Waals surface area contributed by atoms with Crippen molar-refractivity contribution in [3.63, 3.8) is 0 Å². The molecule has 6 nitrogen and oxygen atoms in total. The van der Waals surface area contributed by atoms with Crippen molar-refractivity contribution in [2.75, 3.05) is 23.4 Å². The monoisotopic (exact) mass is 337 g/mol. The van der Waals surface area contributed by atoms with Gasteiger partial charge in [0.15, 0.2) is 0 Å². The fraction of sp³-hybridized carbons (Fsp3) is 0.263. The lowest BCUT2D eigenvalue weighted by atomic mass is 10.1. The average Bonchev–Trinajstić information content (AvgIpc) is 2.97. The van der Waals surface area contributed by atoms with Gasteiger partial charge < -0.3 is 15.0 Å². The molecule has 1 N–H and O–H groups in total. The summed E-state index contributed by atoms with van der Waals surface area (Å²) in [5.74, 6) is 0. The lowest BCUT2D eigenvalue weighted by Gasteiger charge is -2.32. The van der Waals surface area contributed by atoms with Crippen molar-refractivity contribution in [2.45, 2.75) is 19.0 Å². The first kappa shape index (κ1) is 15.5. The summed E-state index contributed by atoms with van der Waals surface area (Å²) in [7, 11) is 0. The number of carbonyl (C=O) groups is 2. The summed E-state index contributed by atoms with van der Waals surface area (Å²) < 4.78 is 5.23. The summed E-state index contributed by atoms with van der Waals surface area (Å²) >= 11 is 0. The van der Waals surface area contributed by atoms with Gasteiger partial charge in [-0.2, -0.15) is 0 Å². The van der Waals surface area contributed by atoms with E-state index in [4.69, 9.17) is 4.74 Å². The van der Waals surface area contributed by atoms with E-state index in [-0.39, 0.29) is 18.2 Å². The molecule has 0 spiro atoms. The van der Waals surface area contributed by atoms with Crippen molar-refractivity contribution in [2.24, 2.45) is 0 Å². The van der Waals surface area contributed by atoms with Crippen LogP contribution in [0.25, 0.3) is 0 Å². The first-order chi connectivity index (χ1) is 12.2. The molecule has 6 heteroatoms. The maximum atomic E-state index is 12.7. The number of amides is 3. The van der Waals surface area contributed by atoms with Crippen molar-refractivity contribution in [3.8, 4) is 0 Å². The van der Waals surface area contributed by atoms with E-state index in [1.807, 2.05) is 54.6 Å². The second-order valence-corrected chi connectivity index (χ2v) is 6.24. The van der Waals surface area contributed by atoms with Crippen LogP contribution >= 0.6 is 0 Å². The van der Waals surface area contributed by atoms with Crippen LogP contribution in [0.1, 0.15) is 12.0 Å². The Kier molecular flexibility index (Phi) is 4.01. The van der Waals surface area contributed by atoms with Crippen LogP contribution in [-0.4, -0.2) is 36.2 Å². The van der Waals surface area contributed by atoms with Gasteiger partial charge in [-0.1, -0.05) is 36.4 Å². The number of fused-ring (bicyclic) bond motifs is 3. The maximum absolute atomic E-state index is 12.7. The minimum absolute atomic E-state index is 0.0408. The van der Waals surface area contributed by atoms with Gasteiger partial charge in [0.1, 0.15) is 6.61 Å². The molecule has 3 amide bonds. The summed E-state index contributed by atoms with van der Waals surface area (Å²) in [6, 6.07) is 16.9. The smallest absolute Gasteiger partial charge is 0.414 e. The number of ether oxygens (including phenoxy) is 1. The van der Waals surface area contributed by atoms with Gasteiger partial charge in [-0.05, 0) is 30.2 Å². The van der Waals surface area contributed by atoms with Gasteiger partial charge in [0.2, 0.25) is 0 Å². The van der Waals surface area contributed by atoms with Crippen LogP contribution in [0.2, 0.25) is 0 Å². The van der Waals surface area contributed by atoms with Crippen LogP contribution in [-0.2, 0) is 11.3 Å². The van der Waals surface area contributed by atoms with Crippen LogP contribution in [0.5, 0.6) is 0 Å². The van der Waals surface area contributed by atoms with E-state index in [1.165, 1.54) is 0 Å². The predicted octanol–water partition coefficient (Wildman–Crippen LogP) is 3.45. The summed E-state index contributed by atoms with van der Waals surface area (Å²) in [5, 5.41) is 2.93. The molecule has 128 valence electrons. The van der Waals surface area contributed by atoms with E-state index < -0.39 is 0 Å².